The lowest BCUT2D eigenvalue weighted by Gasteiger charge is -2.23. The fraction of sp³-hybridized carbons (Fsp3) is 0.400. The molecule has 26 heavy (non-hydrogen) atoms. The number of imide groups is 1. The minimum absolute atomic E-state index is 0.126. The van der Waals surface area contributed by atoms with E-state index in [1.807, 2.05) is 17.5 Å². The first-order valence-electron chi connectivity index (χ1n) is 8.74. The Hall–Kier alpha value is -2.18. The summed E-state index contributed by atoms with van der Waals surface area (Å²) in [4.78, 5) is 24.5. The molecule has 3 atom stereocenters. The standard InChI is InChI=1S/C20H26N2O3S/c1-5-13(2)15-8-10-16(11-9-15)18(17-7-6-12-26-17)21-14(3)19(23)22-20(24)25-4/h6-14,18,21H,5H2,1-4H3,(H,22,23,24)/t13-,14-,18-/m0/s1. The largest absolute Gasteiger partial charge is 0.453 e. The predicted molar refractivity (Wildman–Crippen MR) is 104 cm³/mol. The third kappa shape index (κ3) is 5.16. The zero-order valence-electron chi connectivity index (χ0n) is 15.6. The molecule has 0 aliphatic rings. The van der Waals surface area contributed by atoms with E-state index in [4.69, 9.17) is 0 Å². The molecule has 2 amide bonds. The molecular formula is C20H26N2O3S. The van der Waals surface area contributed by atoms with Gasteiger partial charge in [-0.2, -0.15) is 0 Å². The Balaban J connectivity index is 2.19. The van der Waals surface area contributed by atoms with Gasteiger partial charge >= 0.3 is 6.09 Å². The van der Waals surface area contributed by atoms with Crippen LogP contribution in [0.2, 0.25) is 0 Å². The minimum Gasteiger partial charge on any atom is -0.453 e. The van der Waals surface area contributed by atoms with E-state index in [2.05, 4.69) is 53.5 Å². The van der Waals surface area contributed by atoms with E-state index in [0.29, 0.717) is 5.92 Å². The monoisotopic (exact) mass is 374 g/mol. The van der Waals surface area contributed by atoms with Crippen molar-refractivity contribution in [2.45, 2.75) is 45.2 Å². The van der Waals surface area contributed by atoms with Crippen molar-refractivity contribution in [3.05, 3.63) is 57.8 Å². The highest BCUT2D eigenvalue weighted by Crippen LogP contribution is 2.28. The number of carbonyl (C=O) groups is 2. The van der Waals surface area contributed by atoms with Gasteiger partial charge in [-0.1, -0.05) is 44.2 Å². The van der Waals surface area contributed by atoms with Gasteiger partial charge in [0.25, 0.3) is 0 Å². The van der Waals surface area contributed by atoms with E-state index in [-0.39, 0.29) is 6.04 Å². The highest BCUT2D eigenvalue weighted by molar-refractivity contribution is 7.10. The van der Waals surface area contributed by atoms with Crippen LogP contribution in [0.5, 0.6) is 0 Å². The number of carbonyl (C=O) groups excluding carboxylic acids is 2. The van der Waals surface area contributed by atoms with Crippen LogP contribution in [0.25, 0.3) is 0 Å². The van der Waals surface area contributed by atoms with Crippen LogP contribution in [-0.2, 0) is 9.53 Å². The molecule has 1 aromatic heterocycles. The van der Waals surface area contributed by atoms with Crippen molar-refractivity contribution in [3.63, 3.8) is 0 Å². The zero-order chi connectivity index (χ0) is 19.1. The maximum absolute atomic E-state index is 12.2. The van der Waals surface area contributed by atoms with Crippen LogP contribution in [-0.4, -0.2) is 25.2 Å². The number of thiophene rings is 1. The summed E-state index contributed by atoms with van der Waals surface area (Å²) in [6, 6.07) is 11.8. The first-order valence-corrected chi connectivity index (χ1v) is 9.62. The summed E-state index contributed by atoms with van der Waals surface area (Å²) < 4.78 is 4.48. The van der Waals surface area contributed by atoms with Gasteiger partial charge in [-0.15, -0.1) is 11.3 Å². The Kier molecular flexibility index (Phi) is 7.36. The number of nitrogens with one attached hydrogen (secondary N) is 2. The van der Waals surface area contributed by atoms with E-state index < -0.39 is 18.0 Å². The third-order valence-electron chi connectivity index (χ3n) is 4.50. The maximum atomic E-state index is 12.2. The Bertz CT molecular complexity index is 713. The molecular weight excluding hydrogens is 348 g/mol. The smallest absolute Gasteiger partial charge is 0.413 e. The molecule has 0 aliphatic heterocycles. The van der Waals surface area contributed by atoms with E-state index in [9.17, 15) is 9.59 Å². The van der Waals surface area contributed by atoms with Gasteiger partial charge in [0.05, 0.1) is 19.2 Å². The van der Waals surface area contributed by atoms with E-state index in [1.54, 1.807) is 18.3 Å². The molecule has 0 radical (unpaired) electrons. The highest BCUT2D eigenvalue weighted by atomic mass is 32.1. The van der Waals surface area contributed by atoms with Crippen molar-refractivity contribution in [2.24, 2.45) is 0 Å². The average molecular weight is 375 g/mol. The number of rotatable bonds is 7. The lowest BCUT2D eigenvalue weighted by atomic mass is 9.95. The van der Waals surface area contributed by atoms with Gasteiger partial charge in [0, 0.05) is 4.88 Å². The molecule has 2 rings (SSSR count). The summed E-state index contributed by atoms with van der Waals surface area (Å²) in [7, 11) is 1.23. The Morgan fingerprint density at radius 3 is 2.31 bits per heavy atom. The third-order valence-corrected chi connectivity index (χ3v) is 5.44. The number of ether oxygens (including phenoxy) is 1. The van der Waals surface area contributed by atoms with E-state index >= 15 is 0 Å². The molecule has 0 spiro atoms. The maximum Gasteiger partial charge on any atom is 0.413 e. The second-order valence-corrected chi connectivity index (χ2v) is 7.27. The molecule has 5 nitrogen and oxygen atoms in total. The number of hydrogen-bond donors (Lipinski definition) is 2. The average Bonchev–Trinajstić information content (AvgIpc) is 3.19. The van der Waals surface area contributed by atoms with Crippen LogP contribution >= 0.6 is 11.3 Å². The van der Waals surface area contributed by atoms with Gasteiger partial charge in [0.2, 0.25) is 5.91 Å². The van der Waals surface area contributed by atoms with Crippen molar-refractivity contribution in [1.82, 2.24) is 10.6 Å². The van der Waals surface area contributed by atoms with Crippen molar-refractivity contribution < 1.29 is 14.3 Å². The topological polar surface area (TPSA) is 67.4 Å². The number of amides is 2. The normalized spacial score (nSPS) is 14.3. The van der Waals surface area contributed by atoms with Crippen molar-refractivity contribution in [3.8, 4) is 0 Å². The molecule has 6 heteroatoms. The second-order valence-electron chi connectivity index (χ2n) is 6.29. The highest BCUT2D eigenvalue weighted by Gasteiger charge is 2.23. The quantitative estimate of drug-likeness (QED) is 0.762. The Labute approximate surface area is 158 Å². The molecule has 1 aromatic carbocycles. The first-order chi connectivity index (χ1) is 12.5. The van der Waals surface area contributed by atoms with Crippen LogP contribution in [0.1, 0.15) is 55.2 Å². The molecule has 140 valence electrons. The summed E-state index contributed by atoms with van der Waals surface area (Å²) in [6.07, 6.45) is 0.339. The van der Waals surface area contributed by atoms with E-state index in [0.717, 1.165) is 16.9 Å². The summed E-state index contributed by atoms with van der Waals surface area (Å²) in [5, 5.41) is 7.53. The van der Waals surface area contributed by atoms with Crippen LogP contribution in [0.15, 0.2) is 41.8 Å². The summed E-state index contributed by atoms with van der Waals surface area (Å²) in [6.45, 7) is 6.12. The molecule has 0 fully saturated rings. The Morgan fingerprint density at radius 1 is 1.12 bits per heavy atom. The zero-order valence-corrected chi connectivity index (χ0v) is 16.4. The predicted octanol–water partition coefficient (Wildman–Crippen LogP) is 4.21. The number of benzene rings is 1. The van der Waals surface area contributed by atoms with Gasteiger partial charge in [-0.25, -0.2) is 4.79 Å². The van der Waals surface area contributed by atoms with Crippen LogP contribution in [0.3, 0.4) is 0 Å². The molecule has 0 unspecified atom stereocenters. The van der Waals surface area contributed by atoms with Crippen LogP contribution in [0.4, 0.5) is 4.79 Å². The molecule has 0 bridgehead atoms. The first kappa shape index (κ1) is 20.1. The summed E-state index contributed by atoms with van der Waals surface area (Å²) in [5.41, 5.74) is 2.38. The summed E-state index contributed by atoms with van der Waals surface area (Å²) in [5.74, 6) is 0.0941. The van der Waals surface area contributed by atoms with Gasteiger partial charge in [0.15, 0.2) is 0 Å². The molecule has 2 aromatic rings. The van der Waals surface area contributed by atoms with Crippen molar-refractivity contribution in [1.29, 1.82) is 0 Å². The van der Waals surface area contributed by atoms with Gasteiger partial charge in [-0.3, -0.25) is 15.4 Å². The Morgan fingerprint density at radius 2 is 1.77 bits per heavy atom. The van der Waals surface area contributed by atoms with Gasteiger partial charge < -0.3 is 4.74 Å². The van der Waals surface area contributed by atoms with Crippen molar-refractivity contribution >= 4 is 23.3 Å². The fourth-order valence-electron chi connectivity index (χ4n) is 2.64. The molecule has 0 saturated heterocycles. The van der Waals surface area contributed by atoms with Crippen LogP contribution < -0.4 is 10.6 Å². The molecule has 0 aliphatic carbocycles. The van der Waals surface area contributed by atoms with E-state index in [1.165, 1.54) is 12.7 Å². The SMILES string of the molecule is CC[C@H](C)c1ccc([C@H](N[C@@H](C)C(=O)NC(=O)OC)c2cccs2)cc1. The van der Waals surface area contributed by atoms with Crippen molar-refractivity contribution in [2.75, 3.05) is 7.11 Å². The fourth-order valence-corrected chi connectivity index (χ4v) is 3.45. The molecule has 0 saturated carbocycles. The molecule has 1 heterocycles. The summed E-state index contributed by atoms with van der Waals surface area (Å²) >= 11 is 1.63. The van der Waals surface area contributed by atoms with Gasteiger partial charge in [-0.05, 0) is 41.8 Å². The second kappa shape index (κ2) is 9.50. The van der Waals surface area contributed by atoms with Crippen LogP contribution in [0, 0.1) is 0 Å². The minimum atomic E-state index is -0.755. The lowest BCUT2D eigenvalue weighted by molar-refractivity contribution is -0.122. The van der Waals surface area contributed by atoms with Gasteiger partial charge in [0.1, 0.15) is 0 Å². The number of methoxy groups -OCH3 is 1. The number of alkyl carbamates (subject to hydrolysis) is 1. The number of hydrogen-bond acceptors (Lipinski definition) is 5. The lowest BCUT2D eigenvalue weighted by Crippen LogP contribution is -2.45. The molecule has 2 N–H and O–H groups in total.